The number of H-pyrrole nitrogens is 1. The first-order valence-electron chi connectivity index (χ1n) is 11.1. The number of hydrogen-bond donors (Lipinski definition) is 1. The Balaban J connectivity index is 1.11. The minimum atomic E-state index is 0.0138. The van der Waals surface area contributed by atoms with Crippen LogP contribution in [-0.4, -0.2) is 65.4 Å². The predicted octanol–water partition coefficient (Wildman–Crippen LogP) is 3.17. The monoisotopic (exact) mass is 424 g/mol. The molecule has 3 aromatic rings. The number of carbonyl (C=O) groups is 1. The van der Waals surface area contributed by atoms with Crippen molar-refractivity contribution in [2.24, 2.45) is 5.92 Å². The second kappa shape index (κ2) is 9.20. The molecule has 0 spiro atoms. The second-order valence-electron chi connectivity index (χ2n) is 8.44. The molecule has 0 saturated carbocycles. The van der Waals surface area contributed by atoms with E-state index in [9.17, 15) is 4.79 Å². The minimum Gasteiger partial charge on any atom is -0.381 e. The summed E-state index contributed by atoms with van der Waals surface area (Å²) in [5, 5.41) is 5.15. The first-order valence-corrected chi connectivity index (χ1v) is 11.1. The van der Waals surface area contributed by atoms with Gasteiger partial charge in [0, 0.05) is 50.2 Å². The van der Waals surface area contributed by atoms with Gasteiger partial charge in [0.1, 0.15) is 5.69 Å². The number of para-hydroxylation sites is 1. The minimum absolute atomic E-state index is 0.0138. The van der Waals surface area contributed by atoms with Crippen molar-refractivity contribution in [2.75, 3.05) is 39.5 Å². The SMILES string of the molecule is O=C(c1cc2ccccc2[nH]1)N1CCC(c2nc(CCOCC3CCOCC3)no2)C1. The van der Waals surface area contributed by atoms with E-state index < -0.39 is 0 Å². The molecule has 4 heterocycles. The summed E-state index contributed by atoms with van der Waals surface area (Å²) in [6, 6.07) is 9.83. The molecule has 1 amide bonds. The quantitative estimate of drug-likeness (QED) is 0.586. The van der Waals surface area contributed by atoms with E-state index in [1.54, 1.807) is 0 Å². The molecule has 0 radical (unpaired) electrons. The number of carbonyl (C=O) groups excluding carboxylic acids is 1. The van der Waals surface area contributed by atoms with Crippen LogP contribution in [-0.2, 0) is 15.9 Å². The summed E-state index contributed by atoms with van der Waals surface area (Å²) in [5.74, 6) is 1.97. The van der Waals surface area contributed by atoms with Crippen LogP contribution in [0.1, 0.15) is 47.4 Å². The van der Waals surface area contributed by atoms with E-state index >= 15 is 0 Å². The molecule has 2 aliphatic rings. The van der Waals surface area contributed by atoms with Crippen LogP contribution in [0, 0.1) is 5.92 Å². The molecule has 31 heavy (non-hydrogen) atoms. The lowest BCUT2D eigenvalue weighted by Crippen LogP contribution is -2.28. The molecule has 0 bridgehead atoms. The average molecular weight is 425 g/mol. The number of benzene rings is 1. The van der Waals surface area contributed by atoms with Gasteiger partial charge in [0.25, 0.3) is 5.91 Å². The van der Waals surface area contributed by atoms with Crippen molar-refractivity contribution in [3.8, 4) is 0 Å². The fourth-order valence-electron chi connectivity index (χ4n) is 4.37. The lowest BCUT2D eigenvalue weighted by atomic mass is 10.0. The Morgan fingerprint density at radius 2 is 2.10 bits per heavy atom. The number of aromatic nitrogens is 3. The van der Waals surface area contributed by atoms with Gasteiger partial charge in [-0.3, -0.25) is 4.79 Å². The highest BCUT2D eigenvalue weighted by molar-refractivity contribution is 5.98. The maximum Gasteiger partial charge on any atom is 0.270 e. The fourth-order valence-corrected chi connectivity index (χ4v) is 4.37. The molecule has 1 atom stereocenters. The highest BCUT2D eigenvalue weighted by Gasteiger charge is 2.32. The summed E-state index contributed by atoms with van der Waals surface area (Å²) in [6.07, 6.45) is 3.61. The van der Waals surface area contributed by atoms with Crippen LogP contribution < -0.4 is 0 Å². The highest BCUT2D eigenvalue weighted by Crippen LogP contribution is 2.27. The van der Waals surface area contributed by atoms with Crippen molar-refractivity contribution in [3.05, 3.63) is 47.7 Å². The number of nitrogens with zero attached hydrogens (tertiary/aromatic N) is 3. The van der Waals surface area contributed by atoms with Crippen LogP contribution in [0.5, 0.6) is 0 Å². The molecule has 1 aromatic carbocycles. The number of rotatable bonds is 7. The molecule has 2 fully saturated rings. The molecule has 8 nitrogen and oxygen atoms in total. The third kappa shape index (κ3) is 4.65. The zero-order valence-corrected chi connectivity index (χ0v) is 17.6. The number of ether oxygens (including phenoxy) is 2. The molecule has 2 aliphatic heterocycles. The zero-order valence-electron chi connectivity index (χ0n) is 17.6. The van der Waals surface area contributed by atoms with Crippen molar-refractivity contribution < 1.29 is 18.8 Å². The summed E-state index contributed by atoms with van der Waals surface area (Å²) in [5.41, 5.74) is 1.59. The number of nitrogens with one attached hydrogen (secondary N) is 1. The Bertz CT molecular complexity index is 990. The lowest BCUT2D eigenvalue weighted by Gasteiger charge is -2.21. The third-order valence-corrected chi connectivity index (χ3v) is 6.23. The average Bonchev–Trinajstić information content (AvgIpc) is 3.56. The Morgan fingerprint density at radius 3 is 2.97 bits per heavy atom. The van der Waals surface area contributed by atoms with E-state index in [1.165, 1.54) is 0 Å². The normalized spacial score (nSPS) is 20.0. The first kappa shape index (κ1) is 20.2. The largest absolute Gasteiger partial charge is 0.381 e. The van der Waals surface area contributed by atoms with Gasteiger partial charge in [-0.2, -0.15) is 4.98 Å². The van der Waals surface area contributed by atoms with Gasteiger partial charge in [-0.25, -0.2) is 0 Å². The molecule has 2 saturated heterocycles. The molecule has 5 rings (SSSR count). The maximum atomic E-state index is 12.9. The Kier molecular flexibility index (Phi) is 5.99. The van der Waals surface area contributed by atoms with Crippen molar-refractivity contribution in [1.82, 2.24) is 20.0 Å². The summed E-state index contributed by atoms with van der Waals surface area (Å²) in [6.45, 7) is 4.31. The standard InChI is InChI=1S/C23H28N4O4/c28-23(20-13-17-3-1-2-4-19(17)24-20)27-9-5-18(14-27)22-25-21(26-31-22)8-12-30-15-16-6-10-29-11-7-16/h1-4,13,16,18,24H,5-12,14-15H2. The Morgan fingerprint density at radius 1 is 1.23 bits per heavy atom. The Labute approximate surface area is 180 Å². The van der Waals surface area contributed by atoms with E-state index in [4.69, 9.17) is 14.0 Å². The molecule has 8 heteroatoms. The number of amides is 1. The van der Waals surface area contributed by atoms with Crippen LogP contribution in [0.25, 0.3) is 10.9 Å². The smallest absolute Gasteiger partial charge is 0.270 e. The van der Waals surface area contributed by atoms with Gasteiger partial charge in [0.15, 0.2) is 5.82 Å². The van der Waals surface area contributed by atoms with Gasteiger partial charge in [0.05, 0.1) is 12.5 Å². The number of likely N-dealkylation sites (tertiary alicyclic amines) is 1. The lowest BCUT2D eigenvalue weighted by molar-refractivity contribution is 0.0211. The molecule has 0 aliphatic carbocycles. The van der Waals surface area contributed by atoms with Crippen LogP contribution in [0.2, 0.25) is 0 Å². The number of aromatic amines is 1. The molecule has 1 N–H and O–H groups in total. The topological polar surface area (TPSA) is 93.5 Å². The van der Waals surface area contributed by atoms with Crippen molar-refractivity contribution in [2.45, 2.75) is 31.6 Å². The maximum absolute atomic E-state index is 12.9. The summed E-state index contributed by atoms with van der Waals surface area (Å²) >= 11 is 0. The molecule has 164 valence electrons. The van der Waals surface area contributed by atoms with Gasteiger partial charge in [-0.05, 0) is 37.3 Å². The van der Waals surface area contributed by atoms with E-state index in [2.05, 4.69) is 15.1 Å². The summed E-state index contributed by atoms with van der Waals surface area (Å²) in [7, 11) is 0. The van der Waals surface area contributed by atoms with Crippen LogP contribution >= 0.6 is 0 Å². The predicted molar refractivity (Wildman–Crippen MR) is 114 cm³/mol. The fraction of sp³-hybridized carbons (Fsp3) is 0.522. The summed E-state index contributed by atoms with van der Waals surface area (Å²) < 4.78 is 16.7. The molecular weight excluding hydrogens is 396 g/mol. The van der Waals surface area contributed by atoms with E-state index in [0.29, 0.717) is 49.4 Å². The Hall–Kier alpha value is -2.71. The van der Waals surface area contributed by atoms with E-state index in [0.717, 1.165) is 50.0 Å². The highest BCUT2D eigenvalue weighted by atomic mass is 16.5. The van der Waals surface area contributed by atoms with Crippen LogP contribution in [0.3, 0.4) is 0 Å². The van der Waals surface area contributed by atoms with Crippen molar-refractivity contribution >= 4 is 16.8 Å². The second-order valence-corrected chi connectivity index (χ2v) is 8.44. The van der Waals surface area contributed by atoms with Gasteiger partial charge in [-0.1, -0.05) is 23.4 Å². The van der Waals surface area contributed by atoms with Gasteiger partial charge < -0.3 is 23.9 Å². The van der Waals surface area contributed by atoms with E-state index in [-0.39, 0.29) is 11.8 Å². The zero-order chi connectivity index (χ0) is 21.0. The molecule has 1 unspecified atom stereocenters. The van der Waals surface area contributed by atoms with Crippen LogP contribution in [0.4, 0.5) is 0 Å². The van der Waals surface area contributed by atoms with E-state index in [1.807, 2.05) is 35.2 Å². The van der Waals surface area contributed by atoms with Crippen molar-refractivity contribution in [1.29, 1.82) is 0 Å². The number of fused-ring (bicyclic) bond motifs is 1. The van der Waals surface area contributed by atoms with Crippen molar-refractivity contribution in [3.63, 3.8) is 0 Å². The van der Waals surface area contributed by atoms with Gasteiger partial charge in [0.2, 0.25) is 5.89 Å². The van der Waals surface area contributed by atoms with Gasteiger partial charge in [-0.15, -0.1) is 0 Å². The van der Waals surface area contributed by atoms with Gasteiger partial charge >= 0.3 is 0 Å². The third-order valence-electron chi connectivity index (χ3n) is 6.23. The molecule has 2 aromatic heterocycles. The summed E-state index contributed by atoms with van der Waals surface area (Å²) in [4.78, 5) is 22.5. The number of hydrogen-bond acceptors (Lipinski definition) is 6. The molecular formula is C23H28N4O4. The van der Waals surface area contributed by atoms with Crippen LogP contribution in [0.15, 0.2) is 34.9 Å². The first-order chi connectivity index (χ1) is 15.3.